The number of imidazole rings is 1. The van der Waals surface area contributed by atoms with Gasteiger partial charge in [-0.3, -0.25) is 9.55 Å². The minimum atomic E-state index is 0.628. The van der Waals surface area contributed by atoms with Crippen molar-refractivity contribution < 1.29 is 4.74 Å². The van der Waals surface area contributed by atoms with Gasteiger partial charge in [-0.2, -0.15) is 0 Å². The fraction of sp³-hybridized carbons (Fsp3) is 0.235. The molecule has 122 valence electrons. The van der Waals surface area contributed by atoms with Crippen molar-refractivity contribution in [3.05, 3.63) is 58.3 Å². The van der Waals surface area contributed by atoms with E-state index in [1.807, 2.05) is 17.7 Å². The topological polar surface area (TPSA) is 64.9 Å². The monoisotopic (exact) mass is 385 g/mol. The zero-order chi connectivity index (χ0) is 16.5. The number of rotatable bonds is 4. The lowest BCUT2D eigenvalue weighted by molar-refractivity contribution is 0.354. The van der Waals surface area contributed by atoms with E-state index in [9.17, 15) is 0 Å². The van der Waals surface area contributed by atoms with Crippen molar-refractivity contribution in [2.45, 2.75) is 19.9 Å². The summed E-state index contributed by atoms with van der Waals surface area (Å²) >= 11 is 3.57. The van der Waals surface area contributed by atoms with Crippen LogP contribution in [0.15, 0.2) is 41.4 Å². The number of halogens is 1. The molecule has 1 N–H and O–H groups in total. The predicted octanol–water partition coefficient (Wildman–Crippen LogP) is 3.28. The third-order valence-electron chi connectivity index (χ3n) is 3.98. The van der Waals surface area contributed by atoms with Crippen LogP contribution in [0.2, 0.25) is 0 Å². The standard InChI is InChI=1S/C17H16BrN5O/c1-11-20-3-4-23(11)16-10-19-9-15(22-16)21-8-13-7-14(18)6-12-2-5-24-17(12)13/h3-4,6-7,9-10H,2,5,8H2,1H3,(H,21,22). The fourth-order valence-corrected chi connectivity index (χ4v) is 3.39. The number of hydrogen-bond acceptors (Lipinski definition) is 5. The summed E-state index contributed by atoms with van der Waals surface area (Å²) in [4.78, 5) is 13.1. The van der Waals surface area contributed by atoms with Gasteiger partial charge in [-0.15, -0.1) is 0 Å². The number of hydrogen-bond donors (Lipinski definition) is 1. The number of nitrogens with zero attached hydrogens (tertiary/aromatic N) is 4. The molecule has 3 aromatic rings. The Morgan fingerprint density at radius 2 is 2.25 bits per heavy atom. The lowest BCUT2D eigenvalue weighted by Crippen LogP contribution is -2.06. The predicted molar refractivity (Wildman–Crippen MR) is 94.6 cm³/mol. The minimum Gasteiger partial charge on any atom is -0.493 e. The van der Waals surface area contributed by atoms with Crippen LogP contribution in [-0.4, -0.2) is 26.1 Å². The SMILES string of the molecule is Cc1nccn1-c1cncc(NCc2cc(Br)cc3c2OCC3)n1. The zero-order valence-electron chi connectivity index (χ0n) is 13.2. The van der Waals surface area contributed by atoms with Crippen molar-refractivity contribution in [1.29, 1.82) is 0 Å². The van der Waals surface area contributed by atoms with Crippen LogP contribution in [0.25, 0.3) is 5.82 Å². The van der Waals surface area contributed by atoms with Gasteiger partial charge in [-0.1, -0.05) is 15.9 Å². The first-order valence-corrected chi connectivity index (χ1v) is 8.50. The molecule has 24 heavy (non-hydrogen) atoms. The van der Waals surface area contributed by atoms with E-state index in [2.05, 4.69) is 48.3 Å². The molecule has 0 atom stereocenters. The van der Waals surface area contributed by atoms with Gasteiger partial charge in [0.25, 0.3) is 0 Å². The second kappa shape index (κ2) is 6.24. The van der Waals surface area contributed by atoms with Crippen molar-refractivity contribution in [3.8, 4) is 11.6 Å². The molecule has 0 spiro atoms. The highest BCUT2D eigenvalue weighted by Gasteiger charge is 2.17. The van der Waals surface area contributed by atoms with Gasteiger partial charge in [0.2, 0.25) is 0 Å². The number of nitrogens with one attached hydrogen (secondary N) is 1. The molecule has 0 bridgehead atoms. The van der Waals surface area contributed by atoms with Gasteiger partial charge >= 0.3 is 0 Å². The molecule has 1 aliphatic rings. The highest BCUT2D eigenvalue weighted by Crippen LogP contribution is 2.33. The van der Waals surface area contributed by atoms with Gasteiger partial charge in [-0.25, -0.2) is 9.97 Å². The highest BCUT2D eigenvalue weighted by atomic mass is 79.9. The summed E-state index contributed by atoms with van der Waals surface area (Å²) in [5.74, 6) is 3.32. The normalized spacial score (nSPS) is 12.8. The number of aryl methyl sites for hydroxylation is 1. The lowest BCUT2D eigenvalue weighted by atomic mass is 10.1. The minimum absolute atomic E-state index is 0.628. The molecule has 1 aliphatic heterocycles. The summed E-state index contributed by atoms with van der Waals surface area (Å²) in [5.41, 5.74) is 2.36. The van der Waals surface area contributed by atoms with Gasteiger partial charge in [0, 0.05) is 35.4 Å². The van der Waals surface area contributed by atoms with Crippen molar-refractivity contribution in [3.63, 3.8) is 0 Å². The molecule has 0 amide bonds. The van der Waals surface area contributed by atoms with E-state index in [4.69, 9.17) is 4.74 Å². The van der Waals surface area contributed by atoms with Crippen LogP contribution in [0.5, 0.6) is 5.75 Å². The summed E-state index contributed by atoms with van der Waals surface area (Å²) in [6.45, 7) is 3.31. The maximum atomic E-state index is 5.76. The Morgan fingerprint density at radius 3 is 3.08 bits per heavy atom. The molecule has 0 saturated heterocycles. The Balaban J connectivity index is 1.56. The molecule has 0 fully saturated rings. The highest BCUT2D eigenvalue weighted by molar-refractivity contribution is 9.10. The van der Waals surface area contributed by atoms with Crippen molar-refractivity contribution in [2.24, 2.45) is 0 Å². The third kappa shape index (κ3) is 2.87. The molecule has 6 nitrogen and oxygen atoms in total. The summed E-state index contributed by atoms with van der Waals surface area (Å²) in [5, 5.41) is 3.33. The van der Waals surface area contributed by atoms with E-state index in [-0.39, 0.29) is 0 Å². The number of ether oxygens (including phenoxy) is 1. The van der Waals surface area contributed by atoms with E-state index < -0.39 is 0 Å². The van der Waals surface area contributed by atoms with Gasteiger partial charge in [-0.05, 0) is 24.6 Å². The van der Waals surface area contributed by atoms with E-state index >= 15 is 0 Å². The largest absolute Gasteiger partial charge is 0.493 e. The fourth-order valence-electron chi connectivity index (χ4n) is 2.84. The van der Waals surface area contributed by atoms with Crippen molar-refractivity contribution >= 4 is 21.7 Å². The summed E-state index contributed by atoms with van der Waals surface area (Å²) < 4.78 is 8.73. The summed E-state index contributed by atoms with van der Waals surface area (Å²) in [6, 6.07) is 4.20. The zero-order valence-corrected chi connectivity index (χ0v) is 14.7. The van der Waals surface area contributed by atoms with Gasteiger partial charge in [0.05, 0.1) is 19.0 Å². The third-order valence-corrected chi connectivity index (χ3v) is 4.44. The second-order valence-corrected chi connectivity index (χ2v) is 6.53. The first-order valence-electron chi connectivity index (χ1n) is 7.71. The molecule has 2 aromatic heterocycles. The van der Waals surface area contributed by atoms with Crippen LogP contribution in [0.4, 0.5) is 5.82 Å². The van der Waals surface area contributed by atoms with Gasteiger partial charge in [0.1, 0.15) is 17.4 Å². The molecule has 0 aliphatic carbocycles. The van der Waals surface area contributed by atoms with Crippen molar-refractivity contribution in [1.82, 2.24) is 19.5 Å². The van der Waals surface area contributed by atoms with Crippen molar-refractivity contribution in [2.75, 3.05) is 11.9 Å². The van der Waals surface area contributed by atoms with Gasteiger partial charge in [0.15, 0.2) is 5.82 Å². The molecule has 7 heteroatoms. The van der Waals surface area contributed by atoms with Crippen LogP contribution in [-0.2, 0) is 13.0 Å². The van der Waals surface area contributed by atoms with Crippen LogP contribution >= 0.6 is 15.9 Å². The Kier molecular flexibility index (Phi) is 3.93. The molecule has 0 saturated carbocycles. The Morgan fingerprint density at radius 1 is 1.33 bits per heavy atom. The molecule has 4 rings (SSSR count). The molecular formula is C17H16BrN5O. The quantitative estimate of drug-likeness (QED) is 0.746. The Labute approximate surface area is 148 Å². The van der Waals surface area contributed by atoms with Crippen LogP contribution < -0.4 is 10.1 Å². The summed E-state index contributed by atoms with van der Waals surface area (Å²) in [7, 11) is 0. The first-order chi connectivity index (χ1) is 11.7. The Hall–Kier alpha value is -2.41. The van der Waals surface area contributed by atoms with Crippen LogP contribution in [0, 0.1) is 6.92 Å². The Bertz CT molecular complexity index is 892. The number of aromatic nitrogens is 4. The van der Waals surface area contributed by atoms with E-state index in [1.54, 1.807) is 18.6 Å². The molecule has 0 radical (unpaired) electrons. The van der Waals surface area contributed by atoms with E-state index in [0.717, 1.165) is 40.5 Å². The number of fused-ring (bicyclic) bond motifs is 1. The van der Waals surface area contributed by atoms with Crippen LogP contribution in [0.3, 0.4) is 0 Å². The number of benzene rings is 1. The van der Waals surface area contributed by atoms with Crippen LogP contribution in [0.1, 0.15) is 17.0 Å². The summed E-state index contributed by atoms with van der Waals surface area (Å²) in [6.07, 6.45) is 8.02. The molecular weight excluding hydrogens is 370 g/mol. The maximum Gasteiger partial charge on any atom is 0.159 e. The smallest absolute Gasteiger partial charge is 0.159 e. The average Bonchev–Trinajstić information content (AvgIpc) is 3.21. The molecule has 0 unspecified atom stereocenters. The average molecular weight is 386 g/mol. The molecule has 3 heterocycles. The lowest BCUT2D eigenvalue weighted by Gasteiger charge is -2.11. The van der Waals surface area contributed by atoms with E-state index in [1.165, 1.54) is 5.56 Å². The maximum absolute atomic E-state index is 5.76. The van der Waals surface area contributed by atoms with Gasteiger partial charge < -0.3 is 10.1 Å². The van der Waals surface area contributed by atoms with E-state index in [0.29, 0.717) is 12.4 Å². The number of anilines is 1. The second-order valence-electron chi connectivity index (χ2n) is 5.61. The molecule has 1 aromatic carbocycles. The first kappa shape index (κ1) is 15.1.